The van der Waals surface area contributed by atoms with Gasteiger partial charge in [0.2, 0.25) is 0 Å². The van der Waals surface area contributed by atoms with Gasteiger partial charge in [0.1, 0.15) is 11.3 Å². The van der Waals surface area contributed by atoms with E-state index >= 15 is 0 Å². The van der Waals surface area contributed by atoms with Crippen LogP contribution in [0.5, 0.6) is 0 Å². The summed E-state index contributed by atoms with van der Waals surface area (Å²) in [5, 5.41) is 9.02. The first kappa shape index (κ1) is 21.5. The van der Waals surface area contributed by atoms with E-state index in [0.29, 0.717) is 6.42 Å². The Labute approximate surface area is 180 Å². The Hall–Kier alpha value is -2.21. The van der Waals surface area contributed by atoms with E-state index < -0.39 is 5.97 Å². The number of aryl methyl sites for hydroxylation is 3. The Balaban J connectivity index is 1.94. The number of benzene rings is 1. The van der Waals surface area contributed by atoms with Crippen LogP contribution in [0.15, 0.2) is 28.7 Å². The molecule has 0 aliphatic heterocycles. The third kappa shape index (κ3) is 4.37. The third-order valence-electron chi connectivity index (χ3n) is 5.39. The molecule has 2 aromatic heterocycles. The Morgan fingerprint density at radius 1 is 1.14 bits per heavy atom. The molecule has 3 rings (SSSR count). The molecule has 6 heteroatoms. The van der Waals surface area contributed by atoms with Gasteiger partial charge >= 0.3 is 5.97 Å². The summed E-state index contributed by atoms with van der Waals surface area (Å²) >= 11 is 3.63. The molecule has 3 aromatic rings. The van der Waals surface area contributed by atoms with Crippen molar-refractivity contribution in [2.75, 3.05) is 0 Å². The second kappa shape index (κ2) is 8.66. The molecule has 5 nitrogen and oxygen atoms in total. The molecule has 1 aromatic carbocycles. The lowest BCUT2D eigenvalue weighted by Crippen LogP contribution is -2.09. The van der Waals surface area contributed by atoms with Crippen molar-refractivity contribution in [2.45, 2.75) is 59.8 Å². The van der Waals surface area contributed by atoms with Crippen molar-refractivity contribution >= 4 is 33.1 Å². The van der Waals surface area contributed by atoms with E-state index in [1.54, 1.807) is 6.92 Å². The number of carboxylic acids is 1. The molecule has 0 saturated carbocycles. The van der Waals surface area contributed by atoms with Gasteiger partial charge in [-0.3, -0.25) is 9.36 Å². The summed E-state index contributed by atoms with van der Waals surface area (Å²) < 4.78 is 3.17. The van der Waals surface area contributed by atoms with E-state index in [2.05, 4.69) is 65.5 Å². The Morgan fingerprint density at radius 2 is 1.79 bits per heavy atom. The summed E-state index contributed by atoms with van der Waals surface area (Å²) in [6.45, 7) is 10.1. The van der Waals surface area contributed by atoms with Crippen molar-refractivity contribution in [1.29, 1.82) is 0 Å². The predicted molar refractivity (Wildman–Crippen MR) is 120 cm³/mol. The van der Waals surface area contributed by atoms with Gasteiger partial charge in [-0.1, -0.05) is 32.9 Å². The molecule has 0 fully saturated rings. The van der Waals surface area contributed by atoms with Gasteiger partial charge in [0.05, 0.1) is 11.6 Å². The van der Waals surface area contributed by atoms with Crippen molar-refractivity contribution < 1.29 is 9.90 Å². The van der Waals surface area contributed by atoms with E-state index in [-0.39, 0.29) is 11.8 Å². The van der Waals surface area contributed by atoms with E-state index in [1.807, 2.05) is 6.92 Å². The second-order valence-electron chi connectivity index (χ2n) is 8.07. The van der Waals surface area contributed by atoms with E-state index in [1.165, 1.54) is 5.56 Å². The minimum absolute atomic E-state index is 0.264. The number of aliphatic carboxylic acids is 1. The number of carbonyl (C=O) groups is 1. The maximum Gasteiger partial charge on any atom is 0.306 e. The average Bonchev–Trinajstić information content (AvgIpc) is 3.06. The maximum atomic E-state index is 11.0. The molecule has 2 heterocycles. The topological polar surface area (TPSA) is 68.0 Å². The molecule has 1 N–H and O–H groups in total. The lowest BCUT2D eigenvalue weighted by molar-refractivity contribution is -0.141. The van der Waals surface area contributed by atoms with Crippen molar-refractivity contribution in [3.8, 4) is 5.69 Å². The van der Waals surface area contributed by atoms with Gasteiger partial charge in [0.15, 0.2) is 5.65 Å². The van der Waals surface area contributed by atoms with Crippen LogP contribution in [-0.2, 0) is 11.2 Å². The van der Waals surface area contributed by atoms with Crippen LogP contribution in [0.2, 0.25) is 0 Å². The molecule has 1 atom stereocenters. The zero-order valence-corrected chi connectivity index (χ0v) is 19.2. The number of halogens is 1. The van der Waals surface area contributed by atoms with Crippen LogP contribution in [-0.4, -0.2) is 25.6 Å². The van der Waals surface area contributed by atoms with E-state index in [4.69, 9.17) is 15.1 Å². The van der Waals surface area contributed by atoms with Crippen LogP contribution in [0.25, 0.3) is 16.9 Å². The van der Waals surface area contributed by atoms with Gasteiger partial charge in [0, 0.05) is 16.1 Å². The minimum atomic E-state index is -0.724. The van der Waals surface area contributed by atoms with Gasteiger partial charge in [0.25, 0.3) is 0 Å². The highest BCUT2D eigenvalue weighted by atomic mass is 79.9. The summed E-state index contributed by atoms with van der Waals surface area (Å²) in [5.74, 6) is 0.242. The largest absolute Gasteiger partial charge is 0.481 e. The highest BCUT2D eigenvalue weighted by Gasteiger charge is 2.20. The molecule has 0 radical (unpaired) electrons. The van der Waals surface area contributed by atoms with Crippen molar-refractivity contribution in [1.82, 2.24) is 14.5 Å². The van der Waals surface area contributed by atoms with Crippen LogP contribution in [0.1, 0.15) is 62.2 Å². The zero-order chi connectivity index (χ0) is 21.3. The lowest BCUT2D eigenvalue weighted by Gasteiger charge is -2.12. The van der Waals surface area contributed by atoms with Crippen LogP contribution >= 0.6 is 15.9 Å². The standard InChI is InChI=1S/C23H28BrN3O2/c1-13(2)21-26-20-15(4)19(24)16(5)25-22(20)27(21)18-11-9-17(10-12-18)8-6-7-14(3)23(28)29/h9-14H,6-8H2,1-5H3,(H,28,29). The number of fused-ring (bicyclic) bond motifs is 1. The van der Waals surface area contributed by atoms with E-state index in [9.17, 15) is 4.79 Å². The lowest BCUT2D eigenvalue weighted by atomic mass is 10.0. The smallest absolute Gasteiger partial charge is 0.306 e. The molecule has 0 bridgehead atoms. The predicted octanol–water partition coefficient (Wildman–Crippen LogP) is 5.97. The quantitative estimate of drug-likeness (QED) is 0.474. The van der Waals surface area contributed by atoms with Gasteiger partial charge in [-0.05, 0) is 72.3 Å². The number of nitrogens with zero attached hydrogens (tertiary/aromatic N) is 3. The summed E-state index contributed by atoms with van der Waals surface area (Å²) in [4.78, 5) is 20.7. The highest BCUT2D eigenvalue weighted by Crippen LogP contribution is 2.31. The fraction of sp³-hybridized carbons (Fsp3) is 0.435. The molecular formula is C23H28BrN3O2. The van der Waals surface area contributed by atoms with Crippen LogP contribution in [0, 0.1) is 19.8 Å². The molecule has 0 aliphatic carbocycles. The average molecular weight is 458 g/mol. The normalized spacial score (nSPS) is 12.7. The second-order valence-corrected chi connectivity index (χ2v) is 8.86. The van der Waals surface area contributed by atoms with Crippen LogP contribution in [0.3, 0.4) is 0 Å². The fourth-order valence-electron chi connectivity index (χ4n) is 3.56. The van der Waals surface area contributed by atoms with Crippen molar-refractivity contribution in [2.24, 2.45) is 5.92 Å². The monoisotopic (exact) mass is 457 g/mol. The molecule has 0 saturated heterocycles. The van der Waals surface area contributed by atoms with Crippen molar-refractivity contribution in [3.63, 3.8) is 0 Å². The zero-order valence-electron chi connectivity index (χ0n) is 17.7. The molecule has 29 heavy (non-hydrogen) atoms. The SMILES string of the molecule is Cc1nc2c(nc(C(C)C)n2-c2ccc(CCCC(C)C(=O)O)cc2)c(C)c1Br. The van der Waals surface area contributed by atoms with Crippen LogP contribution in [0.4, 0.5) is 0 Å². The first-order valence-electron chi connectivity index (χ1n) is 10.1. The van der Waals surface area contributed by atoms with Crippen LogP contribution < -0.4 is 0 Å². The summed E-state index contributed by atoms with van der Waals surface area (Å²) in [5.41, 5.74) is 6.14. The summed E-state index contributed by atoms with van der Waals surface area (Å²) in [6.07, 6.45) is 2.44. The molecule has 0 amide bonds. The first-order valence-corrected chi connectivity index (χ1v) is 10.9. The molecule has 154 valence electrons. The van der Waals surface area contributed by atoms with Crippen molar-refractivity contribution in [3.05, 3.63) is 51.4 Å². The number of carboxylic acid groups (broad SMARTS) is 1. The minimum Gasteiger partial charge on any atom is -0.481 e. The molecule has 1 unspecified atom stereocenters. The number of pyridine rings is 1. The molecule has 0 spiro atoms. The van der Waals surface area contributed by atoms with Gasteiger partial charge in [-0.25, -0.2) is 9.97 Å². The number of rotatable bonds is 7. The molecular weight excluding hydrogens is 430 g/mol. The van der Waals surface area contributed by atoms with E-state index in [0.717, 1.165) is 51.2 Å². The first-order chi connectivity index (χ1) is 13.7. The number of hydrogen-bond donors (Lipinski definition) is 1. The Kier molecular flexibility index (Phi) is 6.42. The fourth-order valence-corrected chi connectivity index (χ4v) is 3.83. The Bertz CT molecular complexity index is 1040. The Morgan fingerprint density at radius 3 is 2.38 bits per heavy atom. The van der Waals surface area contributed by atoms with Gasteiger partial charge in [-0.2, -0.15) is 0 Å². The summed E-state index contributed by atoms with van der Waals surface area (Å²) in [6, 6.07) is 8.46. The number of aromatic nitrogens is 3. The third-order valence-corrected chi connectivity index (χ3v) is 6.56. The van der Waals surface area contributed by atoms with Gasteiger partial charge in [-0.15, -0.1) is 0 Å². The summed E-state index contributed by atoms with van der Waals surface area (Å²) in [7, 11) is 0. The molecule has 0 aliphatic rings. The van der Waals surface area contributed by atoms with Gasteiger partial charge < -0.3 is 5.11 Å². The maximum absolute atomic E-state index is 11.0. The number of imidazole rings is 1. The highest BCUT2D eigenvalue weighted by molar-refractivity contribution is 9.10. The number of hydrogen-bond acceptors (Lipinski definition) is 3.